The number of piperidine rings is 3. The number of hydrogen-bond donors (Lipinski definition) is 2. The van der Waals surface area contributed by atoms with E-state index in [4.69, 9.17) is 19.9 Å². The number of nitrogens with zero attached hydrogens (tertiary/aromatic N) is 3. The minimum atomic E-state index is -3.24. The summed E-state index contributed by atoms with van der Waals surface area (Å²) in [6, 6.07) is 88.9. The predicted molar refractivity (Wildman–Crippen MR) is 387 cm³/mol. The largest absolute Gasteiger partial charge is 0.399 e. The summed E-state index contributed by atoms with van der Waals surface area (Å²) in [5.41, 5.74) is 18.1. The summed E-state index contributed by atoms with van der Waals surface area (Å²) in [5, 5.41) is 0. The third-order valence-corrected chi connectivity index (χ3v) is 19.3. The average Bonchev–Trinajstić information content (AvgIpc) is 1.44. The molecule has 0 aromatic heterocycles. The van der Waals surface area contributed by atoms with Crippen molar-refractivity contribution in [1.82, 2.24) is 14.7 Å². The fraction of sp³-hybridized carbons (Fsp3) is 0.337. The first kappa shape index (κ1) is 69.6. The van der Waals surface area contributed by atoms with Crippen molar-refractivity contribution in [2.75, 3.05) is 75.8 Å². The summed E-state index contributed by atoms with van der Waals surface area (Å²) >= 11 is 0. The first-order chi connectivity index (χ1) is 46.5. The van der Waals surface area contributed by atoms with Gasteiger partial charge in [-0.2, -0.15) is 0 Å². The van der Waals surface area contributed by atoms with Crippen LogP contribution in [0.3, 0.4) is 0 Å². The number of nitrogen functional groups attached to an aromatic ring is 1. The molecule has 0 bridgehead atoms. The van der Waals surface area contributed by atoms with Crippen molar-refractivity contribution in [3.8, 4) is 0 Å². The molecule has 12 rings (SSSR count). The Balaban J connectivity index is 0.000000156. The SMILES string of the molecule is CS(=O)(=O)Nc1ccc(CN2CCC(CCOC(c3ccccc3)c3ccccc3)CC2)cc1.Nc1ccc(CN2CCC(CCOC(c3ccccc3)c3ccccc3)CC2)cc1.O=C(Cc1ccccc1)N1CCC(CCOC(c2ccccc2)c2ccccc2)CC1. The highest BCUT2D eigenvalue weighted by atomic mass is 32.2. The Kier molecular flexibility index (Phi) is 27.3. The van der Waals surface area contributed by atoms with Gasteiger partial charge in [0, 0.05) is 57.4 Å². The fourth-order valence-electron chi connectivity index (χ4n) is 13.2. The molecule has 9 aromatic carbocycles. The molecule has 9 aromatic rings. The monoisotopic (exact) mass is 1290 g/mol. The zero-order chi connectivity index (χ0) is 65.7. The maximum atomic E-state index is 12.6. The lowest BCUT2D eigenvalue weighted by atomic mass is 9.93. The maximum absolute atomic E-state index is 12.6. The number of sulfonamides is 1. The molecule has 0 aliphatic carbocycles. The summed E-state index contributed by atoms with van der Waals surface area (Å²) in [6.45, 7) is 10.4. The van der Waals surface area contributed by atoms with Crippen LogP contribution < -0.4 is 10.5 Å². The molecule has 0 radical (unpaired) electrons. The van der Waals surface area contributed by atoms with Gasteiger partial charge >= 0.3 is 0 Å². The smallest absolute Gasteiger partial charge is 0.229 e. The van der Waals surface area contributed by atoms with Crippen LogP contribution in [-0.2, 0) is 48.5 Å². The number of ether oxygens (including phenoxy) is 3. The normalized spacial score (nSPS) is 15.2. The van der Waals surface area contributed by atoms with E-state index in [2.05, 4.69) is 184 Å². The van der Waals surface area contributed by atoms with Crippen molar-refractivity contribution in [3.63, 3.8) is 0 Å². The van der Waals surface area contributed by atoms with Crippen LogP contribution in [0.15, 0.2) is 261 Å². The number of likely N-dealkylation sites (tertiary alicyclic amines) is 3. The standard InChI is InChI=1S/C28H34N2O3S.C28H31NO2.C27H32N2O/c1-34(31,32)29-27-14-12-24(13-15-27)22-30-19-16-23(17-20-30)18-21-33-28(25-8-4-2-5-9-25)26-10-6-3-7-11-26;30-27(22-24-10-4-1-5-11-24)29-19-16-23(17-20-29)18-21-31-28(25-12-6-2-7-13-25)26-14-8-3-9-15-26;28-26-13-11-23(12-14-26)21-29-18-15-22(16-19-29)17-20-30-27(24-7-3-1-4-8-24)25-9-5-2-6-10-25/h2-15,23,28-29H,16-22H2,1H3;1-15,23,28H,16-22H2;1-14,22,27H,15-21,28H2. The summed E-state index contributed by atoms with van der Waals surface area (Å²) in [5.74, 6) is 2.30. The Labute approximate surface area is 566 Å². The predicted octanol–water partition coefficient (Wildman–Crippen LogP) is 16.8. The van der Waals surface area contributed by atoms with E-state index in [0.717, 1.165) is 121 Å². The van der Waals surface area contributed by atoms with Gasteiger partial charge in [0.1, 0.15) is 18.3 Å². The van der Waals surface area contributed by atoms with E-state index in [0.29, 0.717) is 23.9 Å². The molecule has 95 heavy (non-hydrogen) atoms. The molecule has 0 spiro atoms. The van der Waals surface area contributed by atoms with Crippen LogP contribution in [0.1, 0.15) is 126 Å². The highest BCUT2D eigenvalue weighted by Crippen LogP contribution is 2.32. The molecule has 3 aliphatic rings. The van der Waals surface area contributed by atoms with E-state index in [-0.39, 0.29) is 24.2 Å². The van der Waals surface area contributed by atoms with Crippen LogP contribution in [0.4, 0.5) is 11.4 Å². The van der Waals surface area contributed by atoms with E-state index in [1.807, 2.05) is 95.9 Å². The Hall–Kier alpha value is -8.20. The number of anilines is 2. The number of rotatable bonds is 26. The highest BCUT2D eigenvalue weighted by Gasteiger charge is 2.26. The summed E-state index contributed by atoms with van der Waals surface area (Å²) in [4.78, 5) is 19.7. The third kappa shape index (κ3) is 23.3. The van der Waals surface area contributed by atoms with E-state index < -0.39 is 10.0 Å². The lowest BCUT2D eigenvalue weighted by Gasteiger charge is -2.32. The molecule has 0 unspecified atom stereocenters. The van der Waals surface area contributed by atoms with E-state index in [1.165, 1.54) is 76.4 Å². The highest BCUT2D eigenvalue weighted by molar-refractivity contribution is 7.92. The summed E-state index contributed by atoms with van der Waals surface area (Å²) < 4.78 is 44.5. The number of carbonyl (C=O) groups excluding carboxylic acids is 1. The molecule has 1 amide bonds. The van der Waals surface area contributed by atoms with Gasteiger partial charge in [0.2, 0.25) is 15.9 Å². The molecule has 0 saturated carbocycles. The molecule has 3 aliphatic heterocycles. The molecular weight excluding hydrogens is 1200 g/mol. The van der Waals surface area contributed by atoms with Crippen molar-refractivity contribution in [2.45, 2.75) is 95.6 Å². The van der Waals surface area contributed by atoms with Gasteiger partial charge in [0.05, 0.1) is 12.7 Å². The van der Waals surface area contributed by atoms with Crippen LogP contribution >= 0.6 is 0 Å². The zero-order valence-corrected chi connectivity index (χ0v) is 56.2. The van der Waals surface area contributed by atoms with Gasteiger partial charge < -0.3 is 24.8 Å². The van der Waals surface area contributed by atoms with Gasteiger partial charge in [-0.05, 0) is 176 Å². The molecular formula is C83H97N5O6S. The van der Waals surface area contributed by atoms with Crippen molar-refractivity contribution in [2.24, 2.45) is 17.8 Å². The Morgan fingerprint density at radius 2 is 0.684 bits per heavy atom. The van der Waals surface area contributed by atoms with Crippen LogP contribution in [0, 0.1) is 17.8 Å². The lowest BCUT2D eigenvalue weighted by molar-refractivity contribution is -0.131. The second-order valence-electron chi connectivity index (χ2n) is 25.8. The van der Waals surface area contributed by atoms with Gasteiger partial charge in [-0.15, -0.1) is 0 Å². The molecule has 11 nitrogen and oxygen atoms in total. The summed E-state index contributed by atoms with van der Waals surface area (Å²) in [6.07, 6.45) is 11.9. The zero-order valence-electron chi connectivity index (χ0n) is 55.4. The molecule has 12 heteroatoms. The van der Waals surface area contributed by atoms with Crippen molar-refractivity contribution >= 4 is 27.3 Å². The van der Waals surface area contributed by atoms with Crippen LogP contribution in [0.2, 0.25) is 0 Å². The van der Waals surface area contributed by atoms with Gasteiger partial charge in [0.15, 0.2) is 0 Å². The first-order valence-corrected chi connectivity index (χ1v) is 36.2. The number of nitrogens with one attached hydrogen (secondary N) is 1. The lowest BCUT2D eigenvalue weighted by Crippen LogP contribution is -2.39. The second kappa shape index (κ2) is 37.2. The molecule has 3 fully saturated rings. The number of carbonyl (C=O) groups is 1. The van der Waals surface area contributed by atoms with Crippen molar-refractivity contribution in [3.05, 3.63) is 311 Å². The molecule has 3 saturated heterocycles. The van der Waals surface area contributed by atoms with Crippen LogP contribution in [0.25, 0.3) is 0 Å². The molecule has 3 heterocycles. The minimum absolute atomic E-state index is 0.0120. The minimum Gasteiger partial charge on any atom is -0.399 e. The van der Waals surface area contributed by atoms with Gasteiger partial charge in [-0.25, -0.2) is 8.42 Å². The Morgan fingerprint density at radius 3 is 0.989 bits per heavy atom. The van der Waals surface area contributed by atoms with Gasteiger partial charge in [-0.3, -0.25) is 19.3 Å². The first-order valence-electron chi connectivity index (χ1n) is 34.4. The molecule has 3 N–H and O–H groups in total. The number of amides is 1. The fourth-order valence-corrected chi connectivity index (χ4v) is 13.8. The van der Waals surface area contributed by atoms with Gasteiger partial charge in [-0.1, -0.05) is 237 Å². The average molecular weight is 1290 g/mol. The van der Waals surface area contributed by atoms with Crippen LogP contribution in [-0.4, -0.2) is 94.4 Å². The van der Waals surface area contributed by atoms with Crippen molar-refractivity contribution < 1.29 is 27.4 Å². The maximum Gasteiger partial charge on any atom is 0.229 e. The van der Waals surface area contributed by atoms with Crippen LogP contribution in [0.5, 0.6) is 0 Å². The Bertz CT molecular complexity index is 3570. The summed E-state index contributed by atoms with van der Waals surface area (Å²) in [7, 11) is -3.24. The number of nitrogens with two attached hydrogens (primary N) is 1. The van der Waals surface area contributed by atoms with E-state index in [1.54, 1.807) is 0 Å². The molecule has 0 atom stereocenters. The van der Waals surface area contributed by atoms with Gasteiger partial charge in [0.25, 0.3) is 0 Å². The molecule has 496 valence electrons. The topological polar surface area (TPSA) is 127 Å². The van der Waals surface area contributed by atoms with E-state index in [9.17, 15) is 13.2 Å². The second-order valence-corrected chi connectivity index (χ2v) is 27.6. The van der Waals surface area contributed by atoms with Crippen molar-refractivity contribution in [1.29, 1.82) is 0 Å². The number of hydrogen-bond acceptors (Lipinski definition) is 9. The Morgan fingerprint density at radius 1 is 0.400 bits per heavy atom. The number of benzene rings is 9. The third-order valence-electron chi connectivity index (χ3n) is 18.7. The van der Waals surface area contributed by atoms with E-state index >= 15 is 0 Å². The quantitative estimate of drug-likeness (QED) is 0.0510.